The molecule has 0 unspecified atom stereocenters. The summed E-state index contributed by atoms with van der Waals surface area (Å²) < 4.78 is 0. The minimum absolute atomic E-state index is 0.160. The Morgan fingerprint density at radius 2 is 1.67 bits per heavy atom. The van der Waals surface area contributed by atoms with Crippen LogP contribution in [0.25, 0.3) is 6.08 Å². The fourth-order valence-electron chi connectivity index (χ4n) is 2.03. The van der Waals surface area contributed by atoms with Crippen molar-refractivity contribution in [3.8, 4) is 0 Å². The summed E-state index contributed by atoms with van der Waals surface area (Å²) in [5.41, 5.74) is 2.79. The first-order valence-corrected chi connectivity index (χ1v) is 6.85. The van der Waals surface area contributed by atoms with Crippen LogP contribution in [-0.2, 0) is 0 Å². The van der Waals surface area contributed by atoms with Crippen molar-refractivity contribution >= 4 is 23.6 Å². The molecule has 0 radical (unpaired) electrons. The Hall–Kier alpha value is -1.80. The summed E-state index contributed by atoms with van der Waals surface area (Å²) in [4.78, 5) is 13.4. The largest absolute Gasteiger partial charge is 0.289 e. The summed E-state index contributed by atoms with van der Waals surface area (Å²) >= 11 is 1.73. The van der Waals surface area contributed by atoms with E-state index in [1.807, 2.05) is 60.7 Å². The first-order chi connectivity index (χ1) is 8.84. The Morgan fingerprint density at radius 1 is 0.944 bits per heavy atom. The average Bonchev–Trinajstić information content (AvgIpc) is 2.43. The van der Waals surface area contributed by atoms with Gasteiger partial charge in [-0.05, 0) is 23.8 Å². The molecular formula is C16H12OS. The third kappa shape index (κ3) is 2.12. The van der Waals surface area contributed by atoms with Crippen molar-refractivity contribution in [1.29, 1.82) is 0 Å². The minimum atomic E-state index is 0.160. The molecule has 0 aromatic heterocycles. The van der Waals surface area contributed by atoms with E-state index in [9.17, 15) is 4.79 Å². The van der Waals surface area contributed by atoms with E-state index >= 15 is 0 Å². The molecule has 0 saturated heterocycles. The van der Waals surface area contributed by atoms with Crippen LogP contribution in [0.1, 0.15) is 15.9 Å². The van der Waals surface area contributed by atoms with Gasteiger partial charge in [0.1, 0.15) is 0 Å². The molecule has 2 aromatic rings. The van der Waals surface area contributed by atoms with Crippen molar-refractivity contribution in [2.24, 2.45) is 0 Å². The number of hydrogen-bond acceptors (Lipinski definition) is 2. The normalized spacial score (nSPS) is 16.7. The standard InChI is InChI=1S/C16H12OS/c17-16-13(10-12-6-2-1-3-7-12)11-18-15-9-5-4-8-14(15)16/h1-10H,11H2/b13-10+. The molecule has 0 N–H and O–H groups in total. The van der Waals surface area contributed by atoms with E-state index in [-0.39, 0.29) is 5.78 Å². The van der Waals surface area contributed by atoms with Gasteiger partial charge in [-0.15, -0.1) is 11.8 Å². The van der Waals surface area contributed by atoms with Crippen molar-refractivity contribution < 1.29 is 4.79 Å². The summed E-state index contributed by atoms with van der Waals surface area (Å²) in [6, 6.07) is 17.8. The molecule has 1 aliphatic rings. The number of benzene rings is 2. The van der Waals surface area contributed by atoms with Crippen molar-refractivity contribution in [1.82, 2.24) is 0 Å². The molecule has 0 aliphatic carbocycles. The Kier molecular flexibility index (Phi) is 3.03. The molecule has 1 nitrogen and oxygen atoms in total. The topological polar surface area (TPSA) is 17.1 Å². The van der Waals surface area contributed by atoms with Gasteiger partial charge in [0.05, 0.1) is 0 Å². The molecule has 88 valence electrons. The van der Waals surface area contributed by atoms with Gasteiger partial charge in [0, 0.05) is 21.8 Å². The number of thioether (sulfide) groups is 1. The third-order valence-electron chi connectivity index (χ3n) is 2.95. The van der Waals surface area contributed by atoms with Crippen molar-refractivity contribution in [3.05, 3.63) is 71.3 Å². The van der Waals surface area contributed by atoms with Crippen LogP contribution in [0.5, 0.6) is 0 Å². The highest BCUT2D eigenvalue weighted by Gasteiger charge is 2.21. The zero-order chi connectivity index (χ0) is 12.4. The molecule has 0 amide bonds. The lowest BCUT2D eigenvalue weighted by atomic mass is 10.0. The first-order valence-electron chi connectivity index (χ1n) is 5.87. The zero-order valence-corrected chi connectivity index (χ0v) is 10.6. The van der Waals surface area contributed by atoms with E-state index in [0.717, 1.165) is 27.3 Å². The van der Waals surface area contributed by atoms with Gasteiger partial charge in [-0.25, -0.2) is 0 Å². The highest BCUT2D eigenvalue weighted by Crippen LogP contribution is 2.33. The van der Waals surface area contributed by atoms with Crippen LogP contribution in [0, 0.1) is 0 Å². The van der Waals surface area contributed by atoms with Crippen molar-refractivity contribution in [3.63, 3.8) is 0 Å². The van der Waals surface area contributed by atoms with E-state index in [1.165, 1.54) is 0 Å². The molecule has 0 saturated carbocycles. The van der Waals surface area contributed by atoms with Gasteiger partial charge in [0.2, 0.25) is 0 Å². The van der Waals surface area contributed by atoms with Gasteiger partial charge in [-0.2, -0.15) is 0 Å². The summed E-state index contributed by atoms with van der Waals surface area (Å²) in [6.45, 7) is 0. The van der Waals surface area contributed by atoms with E-state index in [2.05, 4.69) is 0 Å². The molecule has 0 fully saturated rings. The SMILES string of the molecule is O=C1/C(=C/c2ccccc2)CSc2ccccc21. The molecule has 2 aromatic carbocycles. The van der Waals surface area contributed by atoms with Gasteiger partial charge in [-0.1, -0.05) is 42.5 Å². The number of Topliss-reactive ketones (excluding diaryl/α,β-unsaturated/α-hetero) is 1. The number of carbonyl (C=O) groups is 1. The molecule has 0 spiro atoms. The number of carbonyl (C=O) groups excluding carboxylic acids is 1. The van der Waals surface area contributed by atoms with Gasteiger partial charge in [-0.3, -0.25) is 4.79 Å². The quantitative estimate of drug-likeness (QED) is 0.712. The highest BCUT2D eigenvalue weighted by molar-refractivity contribution is 7.99. The fourth-order valence-corrected chi connectivity index (χ4v) is 3.05. The molecule has 1 aliphatic heterocycles. The summed E-state index contributed by atoms with van der Waals surface area (Å²) in [5.74, 6) is 0.915. The van der Waals surface area contributed by atoms with E-state index in [1.54, 1.807) is 11.8 Å². The van der Waals surface area contributed by atoms with Gasteiger partial charge < -0.3 is 0 Å². The molecule has 18 heavy (non-hydrogen) atoms. The van der Waals surface area contributed by atoms with E-state index in [4.69, 9.17) is 0 Å². The highest BCUT2D eigenvalue weighted by atomic mass is 32.2. The monoisotopic (exact) mass is 252 g/mol. The predicted molar refractivity (Wildman–Crippen MR) is 75.9 cm³/mol. The second-order valence-corrected chi connectivity index (χ2v) is 5.21. The van der Waals surface area contributed by atoms with E-state index < -0.39 is 0 Å². The average molecular weight is 252 g/mol. The Labute approximate surface area is 111 Å². The molecule has 0 bridgehead atoms. The van der Waals surface area contributed by atoms with Gasteiger partial charge in [0.25, 0.3) is 0 Å². The molecule has 2 heteroatoms. The second kappa shape index (κ2) is 4.83. The first kappa shape index (κ1) is 11.3. The van der Waals surface area contributed by atoms with Gasteiger partial charge >= 0.3 is 0 Å². The van der Waals surface area contributed by atoms with Crippen molar-refractivity contribution in [2.75, 3.05) is 5.75 Å². The summed E-state index contributed by atoms with van der Waals surface area (Å²) in [7, 11) is 0. The lowest BCUT2D eigenvalue weighted by Gasteiger charge is -2.16. The molecular weight excluding hydrogens is 240 g/mol. The maximum atomic E-state index is 12.3. The van der Waals surface area contributed by atoms with Crippen molar-refractivity contribution in [2.45, 2.75) is 4.90 Å². The maximum Gasteiger partial charge on any atom is 0.191 e. The zero-order valence-electron chi connectivity index (χ0n) is 9.80. The number of fused-ring (bicyclic) bond motifs is 1. The molecule has 1 heterocycles. The Bertz CT molecular complexity index is 614. The summed E-state index contributed by atoms with van der Waals surface area (Å²) in [6.07, 6.45) is 1.99. The van der Waals surface area contributed by atoms with Crippen LogP contribution in [0.2, 0.25) is 0 Å². The van der Waals surface area contributed by atoms with Gasteiger partial charge in [0.15, 0.2) is 5.78 Å². The Balaban J connectivity index is 1.98. The molecule has 3 rings (SSSR count). The smallest absolute Gasteiger partial charge is 0.191 e. The van der Waals surface area contributed by atoms with Crippen LogP contribution in [0.4, 0.5) is 0 Å². The summed E-state index contributed by atoms with van der Waals surface area (Å²) in [5, 5.41) is 0. The second-order valence-electron chi connectivity index (χ2n) is 4.19. The number of rotatable bonds is 1. The lowest BCUT2D eigenvalue weighted by molar-refractivity contribution is 0.103. The lowest BCUT2D eigenvalue weighted by Crippen LogP contribution is -2.11. The fraction of sp³-hybridized carbons (Fsp3) is 0.0625. The number of hydrogen-bond donors (Lipinski definition) is 0. The van der Waals surface area contributed by atoms with Crippen LogP contribution in [-0.4, -0.2) is 11.5 Å². The van der Waals surface area contributed by atoms with Crippen LogP contribution < -0.4 is 0 Å². The molecule has 0 atom stereocenters. The third-order valence-corrected chi connectivity index (χ3v) is 4.07. The predicted octanol–water partition coefficient (Wildman–Crippen LogP) is 4.06. The minimum Gasteiger partial charge on any atom is -0.289 e. The van der Waals surface area contributed by atoms with Crippen LogP contribution >= 0.6 is 11.8 Å². The Morgan fingerprint density at radius 3 is 2.50 bits per heavy atom. The number of ketones is 1. The van der Waals surface area contributed by atoms with Crippen LogP contribution in [0.3, 0.4) is 0 Å². The van der Waals surface area contributed by atoms with E-state index in [0.29, 0.717) is 0 Å². The maximum absolute atomic E-state index is 12.3. The van der Waals surface area contributed by atoms with Crippen LogP contribution in [0.15, 0.2) is 65.1 Å².